The number of hydrogen-bond donors (Lipinski definition) is 1. The van der Waals surface area contributed by atoms with Crippen molar-refractivity contribution in [1.29, 1.82) is 0 Å². The van der Waals surface area contributed by atoms with E-state index in [9.17, 15) is 4.79 Å². The van der Waals surface area contributed by atoms with Crippen LogP contribution in [0.2, 0.25) is 0 Å². The van der Waals surface area contributed by atoms with Crippen LogP contribution >= 0.6 is 0 Å². The first-order valence-corrected chi connectivity index (χ1v) is 10.2. The summed E-state index contributed by atoms with van der Waals surface area (Å²) < 4.78 is 7.30. The third kappa shape index (κ3) is 4.04. The van der Waals surface area contributed by atoms with Gasteiger partial charge in [0.2, 0.25) is 5.91 Å². The van der Waals surface area contributed by atoms with Gasteiger partial charge in [0.1, 0.15) is 5.75 Å². The van der Waals surface area contributed by atoms with Crippen molar-refractivity contribution in [3.8, 4) is 5.75 Å². The Hall–Kier alpha value is -3.08. The zero-order valence-corrected chi connectivity index (χ0v) is 16.8. The average molecular weight is 389 g/mol. The Kier molecular flexibility index (Phi) is 5.65. The maximum Gasteiger partial charge on any atom is 0.231 e. The van der Waals surface area contributed by atoms with Crippen LogP contribution in [0, 0.1) is 0 Å². The Balaban J connectivity index is 1.62. The van der Waals surface area contributed by atoms with E-state index in [2.05, 4.69) is 22.4 Å². The van der Waals surface area contributed by atoms with Crippen molar-refractivity contribution < 1.29 is 9.53 Å². The van der Waals surface area contributed by atoms with E-state index in [1.807, 2.05) is 53.2 Å². The van der Waals surface area contributed by atoms with Crippen molar-refractivity contribution in [3.63, 3.8) is 0 Å². The molecule has 1 heterocycles. The Bertz CT molecular complexity index is 915. The zero-order valence-electron chi connectivity index (χ0n) is 16.8. The highest BCUT2D eigenvalue weighted by atomic mass is 16.5. The van der Waals surface area contributed by atoms with Gasteiger partial charge < -0.3 is 14.6 Å². The van der Waals surface area contributed by atoms with Gasteiger partial charge in [0.15, 0.2) is 0 Å². The summed E-state index contributed by atoms with van der Waals surface area (Å²) in [5, 5.41) is 3.36. The highest BCUT2D eigenvalue weighted by Gasteiger charge is 2.43. The molecule has 1 aliphatic rings. The van der Waals surface area contributed by atoms with Gasteiger partial charge in [0, 0.05) is 18.9 Å². The van der Waals surface area contributed by atoms with Crippen LogP contribution in [0.3, 0.4) is 0 Å². The Morgan fingerprint density at radius 3 is 2.48 bits per heavy atom. The fraction of sp³-hybridized carbons (Fsp3) is 0.333. The predicted octanol–water partition coefficient (Wildman–Crippen LogP) is 4.26. The van der Waals surface area contributed by atoms with Crippen LogP contribution in [0.5, 0.6) is 5.75 Å². The molecule has 5 heteroatoms. The Morgan fingerprint density at radius 2 is 1.86 bits per heavy atom. The number of carbonyl (C=O) groups excluding carboxylic acids is 1. The van der Waals surface area contributed by atoms with Crippen molar-refractivity contribution >= 4 is 5.91 Å². The molecular formula is C24H27N3O2. The van der Waals surface area contributed by atoms with Gasteiger partial charge in [-0.25, -0.2) is 4.98 Å². The van der Waals surface area contributed by atoms with Gasteiger partial charge in [-0.15, -0.1) is 0 Å². The summed E-state index contributed by atoms with van der Waals surface area (Å²) >= 11 is 0. The van der Waals surface area contributed by atoms with Gasteiger partial charge in [-0.2, -0.15) is 0 Å². The quantitative estimate of drug-likeness (QED) is 0.657. The van der Waals surface area contributed by atoms with Crippen LogP contribution < -0.4 is 10.1 Å². The number of amides is 1. The van der Waals surface area contributed by atoms with E-state index in [1.165, 1.54) is 0 Å². The molecule has 0 unspecified atom stereocenters. The molecule has 1 amide bonds. The lowest BCUT2D eigenvalue weighted by Gasteiger charge is -2.31. The minimum absolute atomic E-state index is 0.106. The number of nitrogens with one attached hydrogen (secondary N) is 1. The van der Waals surface area contributed by atoms with Crippen molar-refractivity contribution in [1.82, 2.24) is 14.9 Å². The third-order valence-corrected chi connectivity index (χ3v) is 5.99. The van der Waals surface area contributed by atoms with Crippen LogP contribution in [-0.2, 0) is 16.8 Å². The maximum atomic E-state index is 13.7. The third-order valence-electron chi connectivity index (χ3n) is 5.99. The second kappa shape index (κ2) is 8.52. The van der Waals surface area contributed by atoms with E-state index < -0.39 is 5.41 Å². The van der Waals surface area contributed by atoms with E-state index in [4.69, 9.17) is 4.74 Å². The minimum Gasteiger partial charge on any atom is -0.497 e. The summed E-state index contributed by atoms with van der Waals surface area (Å²) in [4.78, 5) is 17.8. The fourth-order valence-electron chi connectivity index (χ4n) is 4.36. The number of ether oxygens (including phenoxy) is 1. The average Bonchev–Trinajstić information content (AvgIpc) is 3.47. The number of carbonyl (C=O) groups is 1. The Morgan fingerprint density at radius 1 is 1.14 bits per heavy atom. The van der Waals surface area contributed by atoms with Gasteiger partial charge in [-0.1, -0.05) is 55.3 Å². The molecule has 1 N–H and O–H groups in total. The Labute approximate surface area is 171 Å². The first-order valence-electron chi connectivity index (χ1n) is 10.2. The molecule has 0 spiro atoms. The molecule has 2 aromatic carbocycles. The first kappa shape index (κ1) is 19.2. The fourth-order valence-corrected chi connectivity index (χ4v) is 4.36. The molecule has 1 saturated carbocycles. The topological polar surface area (TPSA) is 56.1 Å². The second-order valence-electron chi connectivity index (χ2n) is 7.71. The molecule has 0 aliphatic heterocycles. The number of methoxy groups -OCH3 is 1. The summed E-state index contributed by atoms with van der Waals surface area (Å²) in [5.41, 5.74) is 1.69. The lowest BCUT2D eigenvalue weighted by Crippen LogP contribution is -2.45. The van der Waals surface area contributed by atoms with Crippen molar-refractivity contribution in [3.05, 3.63) is 84.4 Å². The molecule has 0 radical (unpaired) electrons. The van der Waals surface area contributed by atoms with Crippen LogP contribution in [0.4, 0.5) is 0 Å². The zero-order chi connectivity index (χ0) is 20.1. The smallest absolute Gasteiger partial charge is 0.231 e. The van der Waals surface area contributed by atoms with Gasteiger partial charge in [-0.3, -0.25) is 4.79 Å². The molecule has 29 heavy (non-hydrogen) atoms. The van der Waals surface area contributed by atoms with Gasteiger partial charge in [-0.05, 0) is 36.1 Å². The largest absolute Gasteiger partial charge is 0.497 e. The number of rotatable bonds is 7. The highest BCUT2D eigenvalue weighted by Crippen LogP contribution is 2.42. The number of imidazole rings is 1. The lowest BCUT2D eigenvalue weighted by molar-refractivity contribution is -0.127. The van der Waals surface area contributed by atoms with Crippen LogP contribution in [-0.4, -0.2) is 22.6 Å². The predicted molar refractivity (Wildman–Crippen MR) is 113 cm³/mol. The van der Waals surface area contributed by atoms with Crippen LogP contribution in [0.25, 0.3) is 0 Å². The van der Waals surface area contributed by atoms with Gasteiger partial charge >= 0.3 is 0 Å². The maximum absolute atomic E-state index is 13.7. The molecule has 150 valence electrons. The van der Waals surface area contributed by atoms with Crippen molar-refractivity contribution in [2.75, 3.05) is 7.11 Å². The summed E-state index contributed by atoms with van der Waals surface area (Å²) in [7, 11) is 1.66. The number of hydrogen-bond acceptors (Lipinski definition) is 3. The van der Waals surface area contributed by atoms with Crippen molar-refractivity contribution in [2.45, 2.75) is 43.7 Å². The molecular weight excluding hydrogens is 362 g/mol. The molecule has 4 rings (SSSR count). The molecule has 3 aromatic rings. The molecule has 1 atom stereocenters. The van der Waals surface area contributed by atoms with Gasteiger partial charge in [0.05, 0.1) is 24.9 Å². The standard InChI is InChI=1S/C24H27N3O2/c1-29-21-11-9-20(10-12-21)24(13-5-6-14-24)23(28)26-22(17-27-16-15-25-18-27)19-7-3-2-4-8-19/h2-4,7-12,15-16,18,22H,5-6,13-14,17H2,1H3,(H,26,28)/t22-/m0/s1. The molecule has 0 bridgehead atoms. The van der Waals surface area contributed by atoms with Gasteiger partial charge in [0.25, 0.3) is 0 Å². The van der Waals surface area contributed by atoms with Crippen LogP contribution in [0.1, 0.15) is 42.9 Å². The van der Waals surface area contributed by atoms with E-state index in [0.717, 1.165) is 42.6 Å². The number of benzene rings is 2. The van der Waals surface area contributed by atoms with E-state index >= 15 is 0 Å². The summed E-state index contributed by atoms with van der Waals surface area (Å²) in [6, 6.07) is 18.0. The number of nitrogens with zero attached hydrogens (tertiary/aromatic N) is 2. The molecule has 5 nitrogen and oxygen atoms in total. The van der Waals surface area contributed by atoms with E-state index in [-0.39, 0.29) is 11.9 Å². The molecule has 1 aliphatic carbocycles. The molecule has 1 aromatic heterocycles. The van der Waals surface area contributed by atoms with E-state index in [1.54, 1.807) is 19.6 Å². The highest BCUT2D eigenvalue weighted by molar-refractivity contribution is 5.89. The molecule has 1 fully saturated rings. The minimum atomic E-state index is -0.478. The first-order chi connectivity index (χ1) is 14.2. The summed E-state index contributed by atoms with van der Waals surface area (Å²) in [6.07, 6.45) is 9.36. The van der Waals surface area contributed by atoms with E-state index in [0.29, 0.717) is 6.54 Å². The molecule has 0 saturated heterocycles. The van der Waals surface area contributed by atoms with Crippen molar-refractivity contribution in [2.24, 2.45) is 0 Å². The monoisotopic (exact) mass is 389 g/mol. The number of aromatic nitrogens is 2. The van der Waals surface area contributed by atoms with Crippen LogP contribution in [0.15, 0.2) is 73.3 Å². The normalized spacial score (nSPS) is 16.3. The summed E-state index contributed by atoms with van der Waals surface area (Å²) in [5.74, 6) is 0.915. The second-order valence-corrected chi connectivity index (χ2v) is 7.71. The SMILES string of the molecule is COc1ccc(C2(C(=O)N[C@@H](Cn3ccnc3)c3ccccc3)CCCC2)cc1. The summed E-state index contributed by atoms with van der Waals surface area (Å²) in [6.45, 7) is 0.647. The lowest BCUT2D eigenvalue weighted by atomic mass is 9.77.